The Morgan fingerprint density at radius 2 is 2.12 bits per heavy atom. The van der Waals surface area contributed by atoms with Crippen LogP contribution < -0.4 is 15.2 Å². The van der Waals surface area contributed by atoms with Crippen molar-refractivity contribution >= 4 is 0 Å². The first-order chi connectivity index (χ1) is 11.7. The highest BCUT2D eigenvalue weighted by Gasteiger charge is 2.39. The number of hydrogen-bond acceptors (Lipinski definition) is 8. The fourth-order valence-electron chi connectivity index (χ4n) is 2.63. The number of hydrogen-bond donors (Lipinski definition) is 1. The molecule has 0 amide bonds. The van der Waals surface area contributed by atoms with Crippen LogP contribution in [0.1, 0.15) is 11.5 Å². The molecule has 0 radical (unpaired) electrons. The molecule has 3 heterocycles. The second-order valence-corrected chi connectivity index (χ2v) is 5.60. The van der Waals surface area contributed by atoms with E-state index in [0.29, 0.717) is 29.7 Å². The quantitative estimate of drug-likeness (QED) is 0.768. The van der Waals surface area contributed by atoms with Crippen molar-refractivity contribution < 1.29 is 14.0 Å². The molecule has 0 aliphatic carbocycles. The molecule has 3 aromatic rings. The van der Waals surface area contributed by atoms with Crippen LogP contribution >= 0.6 is 0 Å². The lowest BCUT2D eigenvalue weighted by molar-refractivity contribution is 0.154. The maximum Gasteiger partial charge on any atom is 0.250 e. The molecule has 1 aliphatic heterocycles. The van der Waals surface area contributed by atoms with Gasteiger partial charge in [0.1, 0.15) is 29.9 Å². The number of methoxy groups -OCH3 is 1. The van der Waals surface area contributed by atoms with Crippen molar-refractivity contribution in [3.8, 4) is 23.1 Å². The van der Waals surface area contributed by atoms with Gasteiger partial charge in [-0.15, -0.1) is 0 Å². The van der Waals surface area contributed by atoms with Gasteiger partial charge in [-0.05, 0) is 11.6 Å². The Bertz CT molecular complexity index is 881. The van der Waals surface area contributed by atoms with E-state index >= 15 is 0 Å². The molecule has 0 fully saturated rings. The predicted octanol–water partition coefficient (Wildman–Crippen LogP) is 1.32. The van der Waals surface area contributed by atoms with Gasteiger partial charge in [-0.25, -0.2) is 9.97 Å². The van der Waals surface area contributed by atoms with E-state index < -0.39 is 5.54 Å². The summed E-state index contributed by atoms with van der Waals surface area (Å²) < 4.78 is 16.2. The van der Waals surface area contributed by atoms with Crippen LogP contribution in [0.3, 0.4) is 0 Å². The Hall–Kier alpha value is -3.00. The van der Waals surface area contributed by atoms with Crippen molar-refractivity contribution in [1.29, 1.82) is 0 Å². The zero-order chi connectivity index (χ0) is 16.6. The average Bonchev–Trinajstić information content (AvgIpc) is 3.13. The van der Waals surface area contributed by atoms with Crippen LogP contribution in [-0.4, -0.2) is 33.8 Å². The topological polar surface area (TPSA) is 109 Å². The van der Waals surface area contributed by atoms with Gasteiger partial charge in [-0.3, -0.25) is 0 Å². The fraction of sp³-hybridized carbons (Fsp3) is 0.250. The monoisotopic (exact) mass is 325 g/mol. The molecule has 2 aromatic heterocycles. The molecule has 0 bridgehead atoms. The van der Waals surface area contributed by atoms with Gasteiger partial charge in [-0.1, -0.05) is 23.4 Å². The van der Waals surface area contributed by atoms with Crippen LogP contribution in [0.2, 0.25) is 0 Å². The summed E-state index contributed by atoms with van der Waals surface area (Å²) in [7, 11) is 1.53. The molecule has 122 valence electrons. The summed E-state index contributed by atoms with van der Waals surface area (Å²) in [5, 5.41) is 3.97. The summed E-state index contributed by atoms with van der Waals surface area (Å²) in [5.41, 5.74) is 7.09. The predicted molar refractivity (Wildman–Crippen MR) is 83.4 cm³/mol. The largest absolute Gasteiger partial charge is 0.491 e. The summed E-state index contributed by atoms with van der Waals surface area (Å²) in [6.45, 7) is 0.263. The summed E-state index contributed by atoms with van der Waals surface area (Å²) in [5.74, 6) is 1.89. The lowest BCUT2D eigenvalue weighted by atomic mass is 9.90. The minimum atomic E-state index is -0.878. The van der Waals surface area contributed by atoms with Crippen LogP contribution in [0.5, 0.6) is 11.6 Å². The van der Waals surface area contributed by atoms with Gasteiger partial charge in [0, 0.05) is 12.5 Å². The number of ether oxygens (including phenoxy) is 2. The highest BCUT2D eigenvalue weighted by molar-refractivity contribution is 5.49. The fourth-order valence-corrected chi connectivity index (χ4v) is 2.63. The summed E-state index contributed by atoms with van der Waals surface area (Å²) >= 11 is 0. The molecule has 1 aliphatic rings. The Balaban J connectivity index is 1.65. The van der Waals surface area contributed by atoms with E-state index in [0.717, 1.165) is 11.3 Å². The van der Waals surface area contributed by atoms with Gasteiger partial charge in [0.2, 0.25) is 11.7 Å². The molecular weight excluding hydrogens is 310 g/mol. The highest BCUT2D eigenvalue weighted by Crippen LogP contribution is 2.33. The smallest absolute Gasteiger partial charge is 0.250 e. The maximum absolute atomic E-state index is 6.46. The molecule has 0 saturated carbocycles. The molecular formula is C16H15N5O3. The average molecular weight is 325 g/mol. The first-order valence-electron chi connectivity index (χ1n) is 7.38. The van der Waals surface area contributed by atoms with Crippen molar-refractivity contribution in [1.82, 2.24) is 20.1 Å². The molecule has 8 nitrogen and oxygen atoms in total. The molecule has 8 heteroatoms. The number of nitrogens with two attached hydrogens (primary N) is 1. The number of benzene rings is 1. The molecule has 24 heavy (non-hydrogen) atoms. The van der Waals surface area contributed by atoms with Gasteiger partial charge < -0.3 is 19.7 Å². The molecule has 0 spiro atoms. The van der Waals surface area contributed by atoms with Gasteiger partial charge in [0.25, 0.3) is 5.89 Å². The Labute approximate surface area is 137 Å². The molecule has 1 unspecified atom stereocenters. The maximum atomic E-state index is 6.46. The number of nitrogens with zero attached hydrogens (tertiary/aromatic N) is 4. The van der Waals surface area contributed by atoms with Gasteiger partial charge in [0.15, 0.2) is 0 Å². The van der Waals surface area contributed by atoms with E-state index in [9.17, 15) is 0 Å². The molecule has 2 N–H and O–H groups in total. The number of para-hydroxylation sites is 1. The molecule has 0 saturated heterocycles. The van der Waals surface area contributed by atoms with Gasteiger partial charge in [0.05, 0.1) is 7.11 Å². The van der Waals surface area contributed by atoms with Gasteiger partial charge in [-0.2, -0.15) is 4.98 Å². The van der Waals surface area contributed by atoms with Crippen molar-refractivity contribution in [2.45, 2.75) is 12.0 Å². The van der Waals surface area contributed by atoms with Crippen molar-refractivity contribution in [3.05, 3.63) is 48.1 Å². The number of rotatable bonds is 3. The second-order valence-electron chi connectivity index (χ2n) is 5.60. The van der Waals surface area contributed by atoms with Crippen molar-refractivity contribution in [2.24, 2.45) is 5.73 Å². The lowest BCUT2D eigenvalue weighted by Crippen LogP contribution is -2.47. The third-order valence-corrected chi connectivity index (χ3v) is 3.90. The Morgan fingerprint density at radius 1 is 1.25 bits per heavy atom. The Kier molecular flexibility index (Phi) is 3.39. The highest BCUT2D eigenvalue weighted by atomic mass is 16.5. The van der Waals surface area contributed by atoms with E-state index in [2.05, 4.69) is 20.1 Å². The van der Waals surface area contributed by atoms with Crippen LogP contribution in [-0.2, 0) is 12.0 Å². The third kappa shape index (κ3) is 2.46. The number of aromatic nitrogens is 4. The standard InChI is InChI=1S/C16H15N5O3/c1-22-13-6-11(18-9-19-13)14-20-15(24-21-14)16(17)7-10-4-2-3-5-12(10)23-8-16/h2-6,9H,7-8,17H2,1H3. The van der Waals surface area contributed by atoms with E-state index in [1.165, 1.54) is 13.4 Å². The summed E-state index contributed by atoms with van der Waals surface area (Å²) in [6, 6.07) is 9.39. The minimum absolute atomic E-state index is 0.263. The van der Waals surface area contributed by atoms with Crippen LogP contribution in [0.15, 0.2) is 41.2 Å². The summed E-state index contributed by atoms with van der Waals surface area (Å²) in [6.07, 6.45) is 1.93. The van der Waals surface area contributed by atoms with E-state index in [1.807, 2.05) is 24.3 Å². The molecule has 1 aromatic carbocycles. The molecule has 1 atom stereocenters. The van der Waals surface area contributed by atoms with Crippen molar-refractivity contribution in [2.75, 3.05) is 13.7 Å². The number of fused-ring (bicyclic) bond motifs is 1. The minimum Gasteiger partial charge on any atom is -0.491 e. The lowest BCUT2D eigenvalue weighted by Gasteiger charge is -2.31. The zero-order valence-corrected chi connectivity index (χ0v) is 13.0. The van der Waals surface area contributed by atoms with Crippen LogP contribution in [0, 0.1) is 0 Å². The zero-order valence-electron chi connectivity index (χ0n) is 13.0. The van der Waals surface area contributed by atoms with E-state index in [1.54, 1.807) is 6.07 Å². The van der Waals surface area contributed by atoms with Crippen molar-refractivity contribution in [3.63, 3.8) is 0 Å². The van der Waals surface area contributed by atoms with E-state index in [-0.39, 0.29) is 6.61 Å². The molecule has 4 rings (SSSR count). The van der Waals surface area contributed by atoms with Crippen LogP contribution in [0.25, 0.3) is 11.5 Å². The third-order valence-electron chi connectivity index (χ3n) is 3.90. The summed E-state index contributed by atoms with van der Waals surface area (Å²) in [4.78, 5) is 12.5. The first kappa shape index (κ1) is 14.6. The second kappa shape index (κ2) is 5.57. The van der Waals surface area contributed by atoms with Crippen LogP contribution in [0.4, 0.5) is 0 Å². The van der Waals surface area contributed by atoms with Gasteiger partial charge >= 0.3 is 0 Å². The first-order valence-corrected chi connectivity index (χ1v) is 7.38. The van der Waals surface area contributed by atoms with E-state index in [4.69, 9.17) is 19.7 Å². The Morgan fingerprint density at radius 3 is 3.00 bits per heavy atom. The SMILES string of the molecule is COc1cc(-c2noc(C3(N)COc4ccccc4C3)n2)ncn1. The normalized spacial score (nSPS) is 19.4.